The van der Waals surface area contributed by atoms with Crippen LogP contribution in [0, 0.1) is 0 Å². The first kappa shape index (κ1) is 24.1. The van der Waals surface area contributed by atoms with Crippen LogP contribution in [0.5, 0.6) is 23.0 Å². The number of hydrogen-bond acceptors (Lipinski definition) is 8. The zero-order valence-corrected chi connectivity index (χ0v) is 19.9. The van der Waals surface area contributed by atoms with E-state index in [0.29, 0.717) is 17.2 Å². The molecule has 0 aliphatic carbocycles. The Morgan fingerprint density at radius 2 is 1.19 bits per heavy atom. The molecule has 0 N–H and O–H groups in total. The minimum Gasteiger partial charge on any atom is -0.497 e. The van der Waals surface area contributed by atoms with E-state index in [1.807, 2.05) is 0 Å². The number of nitrogens with zero attached hydrogens (tertiary/aromatic N) is 2. The molecule has 1 aliphatic heterocycles. The highest BCUT2D eigenvalue weighted by Gasteiger charge is 2.35. The summed E-state index contributed by atoms with van der Waals surface area (Å²) in [5, 5.41) is 0. The third-order valence-corrected chi connectivity index (χ3v) is 9.01. The molecule has 0 atom stereocenters. The predicted molar refractivity (Wildman–Crippen MR) is 117 cm³/mol. The van der Waals surface area contributed by atoms with Gasteiger partial charge in [-0.05, 0) is 24.3 Å². The SMILES string of the molecule is COc1ccc(S(=O)(=O)N2CCN(S(=O)(=O)c3ccc(OC)c(OC)c3)CC2)c(OC)c1. The molecule has 10 nitrogen and oxygen atoms in total. The summed E-state index contributed by atoms with van der Waals surface area (Å²) in [4.78, 5) is 0.0419. The Morgan fingerprint density at radius 3 is 1.72 bits per heavy atom. The van der Waals surface area contributed by atoms with Crippen LogP contribution in [-0.2, 0) is 20.0 Å². The zero-order chi connectivity index (χ0) is 23.5. The summed E-state index contributed by atoms with van der Waals surface area (Å²) >= 11 is 0. The van der Waals surface area contributed by atoms with Crippen molar-refractivity contribution in [2.75, 3.05) is 54.6 Å². The van der Waals surface area contributed by atoms with E-state index in [4.69, 9.17) is 18.9 Å². The normalized spacial score (nSPS) is 15.9. The average molecular weight is 487 g/mol. The molecular formula is C20H26N2O8S2. The number of sulfonamides is 2. The summed E-state index contributed by atoms with van der Waals surface area (Å²) in [5.74, 6) is 1.33. The van der Waals surface area contributed by atoms with Crippen LogP contribution < -0.4 is 18.9 Å². The van der Waals surface area contributed by atoms with Gasteiger partial charge in [0.05, 0.1) is 33.3 Å². The minimum atomic E-state index is -3.89. The van der Waals surface area contributed by atoms with Gasteiger partial charge >= 0.3 is 0 Å². The first-order valence-electron chi connectivity index (χ1n) is 9.63. The third-order valence-electron chi connectivity index (χ3n) is 5.18. The van der Waals surface area contributed by atoms with Crippen LogP contribution in [-0.4, -0.2) is 80.1 Å². The van der Waals surface area contributed by atoms with Gasteiger partial charge in [0.15, 0.2) is 11.5 Å². The Labute approximate surface area is 188 Å². The van der Waals surface area contributed by atoms with Gasteiger partial charge in [-0.3, -0.25) is 0 Å². The fraction of sp³-hybridized carbons (Fsp3) is 0.400. The molecule has 0 unspecified atom stereocenters. The lowest BCUT2D eigenvalue weighted by atomic mass is 10.3. The summed E-state index contributed by atoms with van der Waals surface area (Å²) in [6, 6.07) is 8.78. The van der Waals surface area contributed by atoms with Gasteiger partial charge in [0, 0.05) is 38.3 Å². The minimum absolute atomic E-state index is 0.00278. The topological polar surface area (TPSA) is 112 Å². The molecular weight excluding hydrogens is 460 g/mol. The molecule has 12 heteroatoms. The van der Waals surface area contributed by atoms with E-state index < -0.39 is 20.0 Å². The van der Waals surface area contributed by atoms with Crippen molar-refractivity contribution < 1.29 is 35.8 Å². The summed E-state index contributed by atoms with van der Waals surface area (Å²) in [5.41, 5.74) is 0. The van der Waals surface area contributed by atoms with Crippen LogP contribution >= 0.6 is 0 Å². The van der Waals surface area contributed by atoms with E-state index in [1.54, 1.807) is 0 Å². The van der Waals surface area contributed by atoms with Crippen LogP contribution in [0.15, 0.2) is 46.2 Å². The molecule has 0 spiro atoms. The Bertz CT molecular complexity index is 1170. The zero-order valence-electron chi connectivity index (χ0n) is 18.3. The second-order valence-electron chi connectivity index (χ2n) is 6.84. The summed E-state index contributed by atoms with van der Waals surface area (Å²) in [6.45, 7) is 0.0246. The molecule has 2 aromatic carbocycles. The van der Waals surface area contributed by atoms with Gasteiger partial charge < -0.3 is 18.9 Å². The molecule has 0 bridgehead atoms. The Hall–Kier alpha value is -2.54. The van der Waals surface area contributed by atoms with Crippen LogP contribution in [0.2, 0.25) is 0 Å². The third kappa shape index (κ3) is 4.49. The van der Waals surface area contributed by atoms with E-state index in [9.17, 15) is 16.8 Å². The Kier molecular flexibility index (Phi) is 7.18. The molecule has 3 rings (SSSR count). The molecule has 176 valence electrons. The highest BCUT2D eigenvalue weighted by Crippen LogP contribution is 2.33. The fourth-order valence-electron chi connectivity index (χ4n) is 3.40. The van der Waals surface area contributed by atoms with Gasteiger partial charge in [0.25, 0.3) is 0 Å². The van der Waals surface area contributed by atoms with Crippen LogP contribution in [0.1, 0.15) is 0 Å². The number of hydrogen-bond donors (Lipinski definition) is 0. The van der Waals surface area contributed by atoms with Crippen molar-refractivity contribution in [2.45, 2.75) is 9.79 Å². The van der Waals surface area contributed by atoms with E-state index in [-0.39, 0.29) is 41.7 Å². The van der Waals surface area contributed by atoms with Crippen molar-refractivity contribution in [1.29, 1.82) is 0 Å². The quantitative estimate of drug-likeness (QED) is 0.551. The van der Waals surface area contributed by atoms with E-state index in [1.165, 1.54) is 73.4 Å². The highest BCUT2D eigenvalue weighted by molar-refractivity contribution is 7.89. The number of methoxy groups -OCH3 is 4. The maximum atomic E-state index is 13.2. The standard InChI is InChI=1S/C20H26N2O8S2/c1-27-15-5-8-20(19(13-15)30-4)32(25,26)22-11-9-21(10-12-22)31(23,24)16-6-7-17(28-2)18(14-16)29-3/h5-8,13-14H,9-12H2,1-4H3. The van der Waals surface area contributed by atoms with Crippen molar-refractivity contribution in [3.05, 3.63) is 36.4 Å². The average Bonchev–Trinajstić information content (AvgIpc) is 2.82. The second-order valence-corrected chi connectivity index (χ2v) is 10.7. The Morgan fingerprint density at radius 1 is 0.625 bits per heavy atom. The molecule has 0 amide bonds. The van der Waals surface area contributed by atoms with E-state index >= 15 is 0 Å². The van der Waals surface area contributed by atoms with Crippen molar-refractivity contribution in [1.82, 2.24) is 8.61 Å². The molecule has 0 aromatic heterocycles. The van der Waals surface area contributed by atoms with E-state index in [0.717, 1.165) is 0 Å². The van der Waals surface area contributed by atoms with Crippen molar-refractivity contribution in [3.63, 3.8) is 0 Å². The second kappa shape index (κ2) is 9.53. The maximum Gasteiger partial charge on any atom is 0.246 e. The number of piperazine rings is 1. The summed E-state index contributed by atoms with van der Waals surface area (Å²) < 4.78 is 75.7. The molecule has 0 saturated carbocycles. The smallest absolute Gasteiger partial charge is 0.246 e. The lowest BCUT2D eigenvalue weighted by molar-refractivity contribution is 0.271. The summed E-state index contributed by atoms with van der Waals surface area (Å²) in [6.07, 6.45) is 0. The van der Waals surface area contributed by atoms with Crippen molar-refractivity contribution in [2.24, 2.45) is 0 Å². The largest absolute Gasteiger partial charge is 0.497 e. The molecule has 1 fully saturated rings. The number of ether oxygens (including phenoxy) is 4. The van der Waals surface area contributed by atoms with Gasteiger partial charge in [-0.15, -0.1) is 0 Å². The van der Waals surface area contributed by atoms with Gasteiger partial charge in [-0.25, -0.2) is 16.8 Å². The number of rotatable bonds is 8. The fourth-order valence-corrected chi connectivity index (χ4v) is 6.40. The lowest BCUT2D eigenvalue weighted by Gasteiger charge is -2.33. The van der Waals surface area contributed by atoms with E-state index in [2.05, 4.69) is 0 Å². The Balaban J connectivity index is 1.80. The van der Waals surface area contributed by atoms with Crippen molar-refractivity contribution >= 4 is 20.0 Å². The lowest BCUT2D eigenvalue weighted by Crippen LogP contribution is -2.50. The number of benzene rings is 2. The first-order valence-corrected chi connectivity index (χ1v) is 12.5. The molecule has 1 heterocycles. The molecule has 2 aromatic rings. The van der Waals surface area contributed by atoms with Gasteiger partial charge in [-0.1, -0.05) is 0 Å². The van der Waals surface area contributed by atoms with Crippen LogP contribution in [0.25, 0.3) is 0 Å². The monoisotopic (exact) mass is 486 g/mol. The maximum absolute atomic E-state index is 13.2. The molecule has 1 aliphatic rings. The van der Waals surface area contributed by atoms with Crippen molar-refractivity contribution in [3.8, 4) is 23.0 Å². The van der Waals surface area contributed by atoms with Crippen LogP contribution in [0.3, 0.4) is 0 Å². The summed E-state index contributed by atoms with van der Waals surface area (Å²) in [7, 11) is -1.99. The molecule has 32 heavy (non-hydrogen) atoms. The predicted octanol–water partition coefficient (Wildman–Crippen LogP) is 1.42. The van der Waals surface area contributed by atoms with Gasteiger partial charge in [0.1, 0.15) is 16.4 Å². The van der Waals surface area contributed by atoms with Gasteiger partial charge in [-0.2, -0.15) is 8.61 Å². The molecule has 0 radical (unpaired) electrons. The molecule has 1 saturated heterocycles. The van der Waals surface area contributed by atoms with Gasteiger partial charge in [0.2, 0.25) is 20.0 Å². The van der Waals surface area contributed by atoms with Crippen LogP contribution in [0.4, 0.5) is 0 Å². The first-order chi connectivity index (χ1) is 15.2. The highest BCUT2D eigenvalue weighted by atomic mass is 32.2.